The minimum atomic E-state index is -0.474. The highest BCUT2D eigenvalue weighted by Gasteiger charge is 2.04. The van der Waals surface area contributed by atoms with E-state index >= 15 is 0 Å². The molecule has 0 saturated carbocycles. The molecule has 3 aromatic rings. The van der Waals surface area contributed by atoms with Gasteiger partial charge < -0.3 is 10.6 Å². The fraction of sp³-hybridized carbons (Fsp3) is 0. The van der Waals surface area contributed by atoms with Gasteiger partial charge in [-0.1, -0.05) is 35.9 Å². The normalized spacial score (nSPS) is 10.7. The molecule has 0 bridgehead atoms. The topological polar surface area (TPSA) is 41.1 Å². The van der Waals surface area contributed by atoms with E-state index in [1.807, 2.05) is 42.5 Å². The van der Waals surface area contributed by atoms with E-state index in [4.69, 9.17) is 11.6 Å². The molecule has 130 valence electrons. The molecule has 0 saturated heterocycles. The minimum absolute atomic E-state index is 0.187. The maximum absolute atomic E-state index is 13.7. The zero-order valence-corrected chi connectivity index (χ0v) is 14.5. The van der Waals surface area contributed by atoms with Crippen molar-refractivity contribution in [3.8, 4) is 0 Å². The summed E-state index contributed by atoms with van der Waals surface area (Å²) in [7, 11) is 0. The third-order valence-electron chi connectivity index (χ3n) is 3.62. The summed E-state index contributed by atoms with van der Waals surface area (Å²) in [6.07, 6.45) is 2.61. The second kappa shape index (κ2) is 8.32. The Kier molecular flexibility index (Phi) is 5.66. The first-order valence-corrected chi connectivity index (χ1v) is 8.35. The van der Waals surface area contributed by atoms with Crippen LogP contribution in [0.3, 0.4) is 0 Å². The summed E-state index contributed by atoms with van der Waals surface area (Å²) in [4.78, 5) is 12.0. The Balaban J connectivity index is 1.62. The Labute approximate surface area is 156 Å². The predicted molar refractivity (Wildman–Crippen MR) is 105 cm³/mol. The number of halogens is 2. The number of amides is 1. The monoisotopic (exact) mass is 366 g/mol. The van der Waals surface area contributed by atoms with Gasteiger partial charge in [-0.05, 0) is 54.6 Å². The van der Waals surface area contributed by atoms with Crippen molar-refractivity contribution in [2.45, 2.75) is 0 Å². The van der Waals surface area contributed by atoms with Crippen molar-refractivity contribution in [2.75, 3.05) is 10.6 Å². The Morgan fingerprint density at radius 1 is 0.846 bits per heavy atom. The summed E-state index contributed by atoms with van der Waals surface area (Å²) in [6, 6.07) is 21.5. The van der Waals surface area contributed by atoms with Crippen molar-refractivity contribution in [1.29, 1.82) is 0 Å². The van der Waals surface area contributed by atoms with Crippen LogP contribution in [0, 0.1) is 5.82 Å². The van der Waals surface area contributed by atoms with Crippen LogP contribution in [0.1, 0.15) is 5.56 Å². The molecule has 0 aliphatic carbocycles. The summed E-state index contributed by atoms with van der Waals surface area (Å²) < 4.78 is 13.7. The fourth-order valence-corrected chi connectivity index (χ4v) is 2.56. The average molecular weight is 367 g/mol. The lowest BCUT2D eigenvalue weighted by Gasteiger charge is -2.08. The molecule has 0 atom stereocenters. The van der Waals surface area contributed by atoms with Crippen LogP contribution in [0.4, 0.5) is 21.5 Å². The third-order valence-corrected chi connectivity index (χ3v) is 3.95. The van der Waals surface area contributed by atoms with E-state index in [-0.39, 0.29) is 16.5 Å². The second-order valence-corrected chi connectivity index (χ2v) is 5.93. The van der Waals surface area contributed by atoms with Crippen LogP contribution in [-0.4, -0.2) is 5.91 Å². The van der Waals surface area contributed by atoms with Crippen LogP contribution in [-0.2, 0) is 4.79 Å². The van der Waals surface area contributed by atoms with Gasteiger partial charge in [0.1, 0.15) is 5.82 Å². The molecular weight excluding hydrogens is 351 g/mol. The smallest absolute Gasteiger partial charge is 0.248 e. The maximum Gasteiger partial charge on any atom is 0.248 e. The number of carbonyl (C=O) groups is 1. The second-order valence-electron chi connectivity index (χ2n) is 5.53. The van der Waals surface area contributed by atoms with Gasteiger partial charge in [-0.15, -0.1) is 0 Å². The zero-order chi connectivity index (χ0) is 18.4. The number of para-hydroxylation sites is 1. The van der Waals surface area contributed by atoms with Crippen molar-refractivity contribution < 1.29 is 9.18 Å². The molecule has 0 radical (unpaired) electrons. The van der Waals surface area contributed by atoms with Crippen LogP contribution in [0.25, 0.3) is 6.08 Å². The highest BCUT2D eigenvalue weighted by molar-refractivity contribution is 6.32. The van der Waals surface area contributed by atoms with Crippen LogP contribution in [0.5, 0.6) is 0 Å². The van der Waals surface area contributed by atoms with Gasteiger partial charge in [0, 0.05) is 28.7 Å². The maximum atomic E-state index is 13.7. The fourth-order valence-electron chi connectivity index (χ4n) is 2.34. The van der Waals surface area contributed by atoms with Gasteiger partial charge >= 0.3 is 0 Å². The van der Waals surface area contributed by atoms with E-state index in [0.717, 1.165) is 11.4 Å². The van der Waals surface area contributed by atoms with Gasteiger partial charge in [-0.3, -0.25) is 4.79 Å². The summed E-state index contributed by atoms with van der Waals surface area (Å²) in [5, 5.41) is 6.24. The van der Waals surface area contributed by atoms with Crippen LogP contribution >= 0.6 is 11.6 Å². The largest absolute Gasteiger partial charge is 0.356 e. The molecule has 3 aromatic carbocycles. The van der Waals surface area contributed by atoms with Gasteiger partial charge in [-0.2, -0.15) is 0 Å². The van der Waals surface area contributed by atoms with Crippen LogP contribution in [0.2, 0.25) is 5.02 Å². The molecule has 5 heteroatoms. The highest BCUT2D eigenvalue weighted by atomic mass is 35.5. The van der Waals surface area contributed by atoms with Gasteiger partial charge in [0.05, 0.1) is 5.02 Å². The molecule has 1 amide bonds. The molecule has 0 unspecified atom stereocenters. The first kappa shape index (κ1) is 17.7. The van der Waals surface area contributed by atoms with E-state index in [9.17, 15) is 9.18 Å². The summed E-state index contributed by atoms with van der Waals surface area (Å²) in [5.74, 6) is -0.842. The van der Waals surface area contributed by atoms with E-state index in [2.05, 4.69) is 10.6 Å². The highest BCUT2D eigenvalue weighted by Crippen LogP contribution is 2.21. The Hall–Kier alpha value is -3.11. The Bertz CT molecular complexity index is 904. The molecule has 0 fully saturated rings. The number of anilines is 3. The summed E-state index contributed by atoms with van der Waals surface area (Å²) in [5.41, 5.74) is 2.71. The first-order chi connectivity index (χ1) is 12.6. The van der Waals surface area contributed by atoms with Crippen LogP contribution < -0.4 is 10.6 Å². The van der Waals surface area contributed by atoms with E-state index in [1.165, 1.54) is 24.3 Å². The molecule has 26 heavy (non-hydrogen) atoms. The van der Waals surface area contributed by atoms with Gasteiger partial charge in [0.25, 0.3) is 0 Å². The van der Waals surface area contributed by atoms with Crippen molar-refractivity contribution in [3.63, 3.8) is 0 Å². The van der Waals surface area contributed by atoms with Gasteiger partial charge in [-0.25, -0.2) is 4.39 Å². The number of carbonyl (C=O) groups excluding carboxylic acids is 1. The number of nitrogens with one attached hydrogen (secondary N) is 2. The van der Waals surface area contributed by atoms with Crippen molar-refractivity contribution >= 4 is 40.6 Å². The molecule has 0 aliphatic heterocycles. The van der Waals surface area contributed by atoms with Crippen molar-refractivity contribution in [3.05, 3.63) is 95.3 Å². The summed E-state index contributed by atoms with van der Waals surface area (Å²) >= 11 is 5.93. The molecule has 3 rings (SSSR count). The number of benzene rings is 3. The van der Waals surface area contributed by atoms with E-state index in [1.54, 1.807) is 18.2 Å². The Morgan fingerprint density at radius 2 is 1.50 bits per heavy atom. The number of rotatable bonds is 5. The molecule has 2 N–H and O–H groups in total. The SMILES string of the molecule is O=C(/C=C/c1c(F)cccc1Cl)Nc1ccc(Nc2ccccc2)cc1. The minimum Gasteiger partial charge on any atom is -0.356 e. The van der Waals surface area contributed by atoms with Crippen molar-refractivity contribution in [2.24, 2.45) is 0 Å². The third kappa shape index (κ3) is 4.71. The zero-order valence-electron chi connectivity index (χ0n) is 13.7. The van der Waals surface area contributed by atoms with Crippen LogP contribution in [0.15, 0.2) is 78.9 Å². The number of hydrogen-bond donors (Lipinski definition) is 2. The molecule has 3 nitrogen and oxygen atoms in total. The van der Waals surface area contributed by atoms with E-state index in [0.29, 0.717) is 5.69 Å². The van der Waals surface area contributed by atoms with Gasteiger partial charge in [0.2, 0.25) is 5.91 Å². The lowest BCUT2D eigenvalue weighted by atomic mass is 10.2. The van der Waals surface area contributed by atoms with E-state index < -0.39 is 5.82 Å². The van der Waals surface area contributed by atoms with Crippen molar-refractivity contribution in [1.82, 2.24) is 0 Å². The molecule has 0 spiro atoms. The lowest BCUT2D eigenvalue weighted by molar-refractivity contribution is -0.111. The molecule has 0 aliphatic rings. The predicted octanol–water partition coefficient (Wildman–Crippen LogP) is 5.87. The molecule has 0 heterocycles. The number of hydrogen-bond acceptors (Lipinski definition) is 2. The lowest BCUT2D eigenvalue weighted by Crippen LogP contribution is -2.07. The molecule has 0 aromatic heterocycles. The summed E-state index contributed by atoms with van der Waals surface area (Å²) in [6.45, 7) is 0. The average Bonchev–Trinajstić information content (AvgIpc) is 2.64. The molecular formula is C21H16ClFN2O. The standard InChI is InChI=1S/C21H16ClFN2O/c22-19-7-4-8-20(23)18(19)13-14-21(26)25-17-11-9-16(10-12-17)24-15-5-2-1-3-6-15/h1-14,24H,(H,25,26)/b14-13+. The first-order valence-electron chi connectivity index (χ1n) is 7.97. The quantitative estimate of drug-likeness (QED) is 0.554. The Morgan fingerprint density at radius 3 is 2.19 bits per heavy atom. The van der Waals surface area contributed by atoms with Gasteiger partial charge in [0.15, 0.2) is 0 Å².